The van der Waals surface area contributed by atoms with E-state index in [-0.39, 0.29) is 25.7 Å². The van der Waals surface area contributed by atoms with Crippen LogP contribution in [0.15, 0.2) is 0 Å². The number of carbonyl (C=O) groups is 4. The van der Waals surface area contributed by atoms with Gasteiger partial charge in [0.25, 0.3) is 0 Å². The summed E-state index contributed by atoms with van der Waals surface area (Å²) in [5.41, 5.74) is 0. The minimum atomic E-state index is -4.95. The minimum Gasteiger partial charge on any atom is -0.462 e. The Morgan fingerprint density at radius 3 is 0.764 bits per heavy atom. The summed E-state index contributed by atoms with van der Waals surface area (Å²) in [6.45, 7) is 7.19. The molecular formula is C70H136O17P2. The van der Waals surface area contributed by atoms with Gasteiger partial charge in [0.05, 0.1) is 26.4 Å². The molecule has 0 aliphatic carbocycles. The molecule has 0 heterocycles. The molecule has 0 aliphatic rings. The maximum atomic E-state index is 13.0. The molecule has 0 spiro atoms. The number of ether oxygens (including phenoxy) is 4. The third-order valence-corrected chi connectivity index (χ3v) is 18.2. The van der Waals surface area contributed by atoms with E-state index in [1.165, 1.54) is 180 Å². The van der Waals surface area contributed by atoms with Gasteiger partial charge >= 0.3 is 39.5 Å². The van der Waals surface area contributed by atoms with Crippen molar-refractivity contribution >= 4 is 39.5 Å². The van der Waals surface area contributed by atoms with E-state index < -0.39 is 97.5 Å². The first-order valence-corrected chi connectivity index (χ1v) is 39.6. The fourth-order valence-electron chi connectivity index (χ4n) is 10.6. The van der Waals surface area contributed by atoms with Crippen molar-refractivity contribution in [3.8, 4) is 0 Å². The zero-order valence-corrected chi connectivity index (χ0v) is 59.4. The SMILES string of the molecule is CCCCCCCCCCCCCCCCCC(=O)OC[C@H](COP(=O)(O)OC[C@@H](O)COP(=O)(O)OC[C@@H](COC(=O)CCCCCCC)OC(=O)CCCCCCCCCCCCCC)OC(=O)CCCCCCCCCCCCCCCCC(C)C. The van der Waals surface area contributed by atoms with Crippen molar-refractivity contribution in [2.45, 2.75) is 380 Å². The van der Waals surface area contributed by atoms with Crippen molar-refractivity contribution in [2.24, 2.45) is 5.92 Å². The number of carbonyl (C=O) groups excluding carboxylic acids is 4. The highest BCUT2D eigenvalue weighted by atomic mass is 31.2. The molecule has 0 aromatic heterocycles. The van der Waals surface area contributed by atoms with Crippen LogP contribution < -0.4 is 0 Å². The van der Waals surface area contributed by atoms with Crippen LogP contribution in [0.4, 0.5) is 0 Å². The number of esters is 4. The molecule has 0 aliphatic heterocycles. The molecule has 0 fully saturated rings. The van der Waals surface area contributed by atoms with Crippen molar-refractivity contribution in [3.63, 3.8) is 0 Å². The molecule has 0 rings (SSSR count). The van der Waals surface area contributed by atoms with Gasteiger partial charge in [-0.1, -0.05) is 311 Å². The van der Waals surface area contributed by atoms with Gasteiger partial charge in [-0.3, -0.25) is 37.3 Å². The quantitative estimate of drug-likeness (QED) is 0.0222. The second-order valence-electron chi connectivity index (χ2n) is 25.7. The monoisotopic (exact) mass is 1310 g/mol. The summed E-state index contributed by atoms with van der Waals surface area (Å²) in [5.74, 6) is -1.34. The van der Waals surface area contributed by atoms with Crippen LogP contribution >= 0.6 is 15.6 Å². The average molecular weight is 1310 g/mol. The topological polar surface area (TPSA) is 237 Å². The Morgan fingerprint density at radius 2 is 0.517 bits per heavy atom. The molecule has 0 aromatic rings. The number of phosphoric ester groups is 2. The number of unbranched alkanes of at least 4 members (excludes halogenated alkanes) is 42. The van der Waals surface area contributed by atoms with Crippen molar-refractivity contribution in [1.82, 2.24) is 0 Å². The molecule has 0 radical (unpaired) electrons. The molecule has 3 N–H and O–H groups in total. The van der Waals surface area contributed by atoms with Gasteiger partial charge in [-0.05, 0) is 31.6 Å². The summed E-state index contributed by atoms with van der Waals surface area (Å²) in [4.78, 5) is 72.3. The molecule has 17 nitrogen and oxygen atoms in total. The largest absolute Gasteiger partial charge is 0.472 e. The number of aliphatic hydroxyl groups is 1. The highest BCUT2D eigenvalue weighted by Gasteiger charge is 2.30. The molecule has 5 atom stereocenters. The van der Waals surface area contributed by atoms with Gasteiger partial charge in [-0.15, -0.1) is 0 Å². The normalized spacial score (nSPS) is 14.1. The molecule has 2 unspecified atom stereocenters. The highest BCUT2D eigenvalue weighted by Crippen LogP contribution is 2.45. The maximum absolute atomic E-state index is 13.0. The van der Waals surface area contributed by atoms with E-state index in [4.69, 9.17) is 37.0 Å². The summed E-state index contributed by atoms with van der Waals surface area (Å²) in [6.07, 6.45) is 50.2. The lowest BCUT2D eigenvalue weighted by molar-refractivity contribution is -0.161. The third kappa shape index (κ3) is 64.6. The first-order valence-electron chi connectivity index (χ1n) is 36.6. The molecule has 0 bridgehead atoms. The lowest BCUT2D eigenvalue weighted by Crippen LogP contribution is -2.30. The second kappa shape index (κ2) is 63.5. The van der Waals surface area contributed by atoms with Crippen LogP contribution in [0.2, 0.25) is 0 Å². The van der Waals surface area contributed by atoms with Crippen LogP contribution in [-0.2, 0) is 65.4 Å². The summed E-state index contributed by atoms with van der Waals surface area (Å²) in [5, 5.41) is 10.6. The van der Waals surface area contributed by atoms with Crippen molar-refractivity contribution in [3.05, 3.63) is 0 Å². The highest BCUT2D eigenvalue weighted by molar-refractivity contribution is 7.47. The van der Waals surface area contributed by atoms with Crippen LogP contribution in [0, 0.1) is 5.92 Å². The van der Waals surface area contributed by atoms with Gasteiger partial charge in [0, 0.05) is 25.7 Å². The number of aliphatic hydroxyl groups excluding tert-OH is 1. The smallest absolute Gasteiger partial charge is 0.462 e. The zero-order valence-electron chi connectivity index (χ0n) is 57.6. The van der Waals surface area contributed by atoms with Gasteiger partial charge < -0.3 is 33.8 Å². The molecule has 528 valence electrons. The zero-order chi connectivity index (χ0) is 65.6. The fourth-order valence-corrected chi connectivity index (χ4v) is 12.2. The van der Waals surface area contributed by atoms with Gasteiger partial charge in [0.2, 0.25) is 0 Å². The summed E-state index contributed by atoms with van der Waals surface area (Å²) < 4.78 is 68.1. The second-order valence-corrected chi connectivity index (χ2v) is 28.7. The van der Waals surface area contributed by atoms with Crippen LogP contribution in [0.1, 0.15) is 362 Å². The van der Waals surface area contributed by atoms with Crippen LogP contribution in [0.25, 0.3) is 0 Å². The molecule has 0 aromatic carbocycles. The maximum Gasteiger partial charge on any atom is 0.472 e. The standard InChI is InChI=1S/C70H136O17P2/c1-6-9-12-15-17-19-21-23-24-28-32-35-39-44-49-54-68(73)81-60-66(87-70(75)56-51-46-41-37-33-29-26-25-27-30-34-38-43-47-52-63(4)5)62-85-89(78,79)83-58-64(71)57-82-88(76,77)84-61-65(59-80-67(72)53-48-42-14-11-8-3)86-69(74)55-50-45-40-36-31-22-20-18-16-13-10-7-2/h63-66,71H,6-62H2,1-5H3,(H,76,77)(H,78,79)/t64-,65+,66+/m0/s1. The lowest BCUT2D eigenvalue weighted by Gasteiger charge is -2.21. The predicted octanol–water partition coefficient (Wildman–Crippen LogP) is 20.1. The Kier molecular flexibility index (Phi) is 62.1. The lowest BCUT2D eigenvalue weighted by atomic mass is 10.0. The molecule has 19 heteroatoms. The molecule has 89 heavy (non-hydrogen) atoms. The Bertz CT molecular complexity index is 1720. The van der Waals surface area contributed by atoms with E-state index in [1.807, 2.05) is 0 Å². The van der Waals surface area contributed by atoms with Crippen LogP contribution in [0.5, 0.6) is 0 Å². The summed E-state index contributed by atoms with van der Waals surface area (Å²) in [7, 11) is -9.89. The van der Waals surface area contributed by atoms with Crippen LogP contribution in [-0.4, -0.2) is 96.7 Å². The first kappa shape index (κ1) is 87.1. The Morgan fingerprint density at radius 1 is 0.303 bits per heavy atom. The minimum absolute atomic E-state index is 0.107. The van der Waals surface area contributed by atoms with E-state index in [2.05, 4.69) is 34.6 Å². The van der Waals surface area contributed by atoms with Crippen molar-refractivity contribution in [2.75, 3.05) is 39.6 Å². The van der Waals surface area contributed by atoms with E-state index >= 15 is 0 Å². The van der Waals surface area contributed by atoms with Crippen LogP contribution in [0.3, 0.4) is 0 Å². The van der Waals surface area contributed by atoms with E-state index in [0.29, 0.717) is 25.7 Å². The van der Waals surface area contributed by atoms with E-state index in [0.717, 1.165) is 102 Å². The first-order chi connectivity index (χ1) is 43.0. The number of phosphoric acid groups is 2. The molecule has 0 saturated heterocycles. The number of rotatable bonds is 70. The van der Waals surface area contributed by atoms with Crippen molar-refractivity contribution in [1.29, 1.82) is 0 Å². The fraction of sp³-hybridized carbons (Fsp3) is 0.943. The van der Waals surface area contributed by atoms with E-state index in [1.54, 1.807) is 0 Å². The Balaban J connectivity index is 5.16. The average Bonchev–Trinajstić information content (AvgIpc) is 3.66. The van der Waals surface area contributed by atoms with Crippen molar-refractivity contribution < 1.29 is 80.2 Å². The summed E-state index contributed by atoms with van der Waals surface area (Å²) >= 11 is 0. The summed E-state index contributed by atoms with van der Waals surface area (Å²) in [6, 6.07) is 0. The Labute approximate surface area is 543 Å². The molecular weight excluding hydrogens is 1170 g/mol. The van der Waals surface area contributed by atoms with Gasteiger partial charge in [-0.2, -0.15) is 0 Å². The number of hydrogen-bond acceptors (Lipinski definition) is 15. The molecule has 0 amide bonds. The van der Waals surface area contributed by atoms with E-state index in [9.17, 15) is 43.2 Å². The Hall–Kier alpha value is -1.94. The third-order valence-electron chi connectivity index (χ3n) is 16.3. The molecule has 0 saturated carbocycles. The van der Waals surface area contributed by atoms with Gasteiger partial charge in [-0.25, -0.2) is 9.13 Å². The van der Waals surface area contributed by atoms with Gasteiger partial charge in [0.1, 0.15) is 19.3 Å². The predicted molar refractivity (Wildman–Crippen MR) is 358 cm³/mol. The number of hydrogen-bond donors (Lipinski definition) is 3. The van der Waals surface area contributed by atoms with Gasteiger partial charge in [0.15, 0.2) is 12.2 Å².